The number of nitrogens with one attached hydrogen (secondary N) is 1. The predicted molar refractivity (Wildman–Crippen MR) is 147 cm³/mol. The third-order valence-electron chi connectivity index (χ3n) is 7.88. The van der Waals surface area contributed by atoms with Gasteiger partial charge in [-0.15, -0.1) is 5.10 Å². The quantitative estimate of drug-likeness (QED) is 0.324. The summed E-state index contributed by atoms with van der Waals surface area (Å²) in [5.74, 6) is 1.15. The average Bonchev–Trinajstić information content (AvgIpc) is 3.56. The number of rotatable bonds is 8. The van der Waals surface area contributed by atoms with E-state index in [4.69, 9.17) is 0 Å². The Morgan fingerprint density at radius 2 is 1.70 bits per heavy atom. The molecule has 1 aliphatic rings. The zero-order chi connectivity index (χ0) is 26.1. The van der Waals surface area contributed by atoms with Gasteiger partial charge in [-0.25, -0.2) is 4.68 Å². The number of hydrogen-bond donors (Lipinski definition) is 1. The van der Waals surface area contributed by atoms with E-state index in [0.717, 1.165) is 46.3 Å². The number of pyridine rings is 1. The third kappa shape index (κ3) is 5.23. The molecule has 5 rings (SSSR count). The lowest BCUT2D eigenvalue weighted by molar-refractivity contribution is 0.123. The van der Waals surface area contributed by atoms with Crippen LogP contribution in [0.25, 0.3) is 10.9 Å². The van der Waals surface area contributed by atoms with Gasteiger partial charge >= 0.3 is 0 Å². The van der Waals surface area contributed by atoms with Crippen LogP contribution >= 0.6 is 0 Å². The predicted octanol–water partition coefficient (Wildman–Crippen LogP) is 5.95. The van der Waals surface area contributed by atoms with Crippen LogP contribution in [0.1, 0.15) is 85.3 Å². The smallest absolute Gasteiger partial charge is 0.252 e. The maximum atomic E-state index is 13.4. The second kappa shape index (κ2) is 10.6. The normalized spacial score (nSPS) is 15.3. The Labute approximate surface area is 218 Å². The second-order valence-corrected chi connectivity index (χ2v) is 11.1. The Morgan fingerprint density at radius 3 is 2.41 bits per heavy atom. The van der Waals surface area contributed by atoms with Gasteiger partial charge < -0.3 is 4.98 Å². The Balaban J connectivity index is 1.58. The van der Waals surface area contributed by atoms with Crippen molar-refractivity contribution < 1.29 is 0 Å². The second-order valence-electron chi connectivity index (χ2n) is 11.1. The van der Waals surface area contributed by atoms with Crippen molar-refractivity contribution >= 4 is 10.9 Å². The van der Waals surface area contributed by atoms with E-state index in [1.807, 2.05) is 6.92 Å². The summed E-state index contributed by atoms with van der Waals surface area (Å²) in [7, 11) is 0. The van der Waals surface area contributed by atoms with Crippen LogP contribution in [0.2, 0.25) is 0 Å². The van der Waals surface area contributed by atoms with E-state index >= 15 is 0 Å². The van der Waals surface area contributed by atoms with Crippen molar-refractivity contribution in [1.82, 2.24) is 30.1 Å². The van der Waals surface area contributed by atoms with Crippen molar-refractivity contribution in [2.75, 3.05) is 0 Å². The summed E-state index contributed by atoms with van der Waals surface area (Å²) in [4.78, 5) is 18.9. The Kier molecular flexibility index (Phi) is 7.24. The fourth-order valence-electron chi connectivity index (χ4n) is 5.82. The van der Waals surface area contributed by atoms with Crippen molar-refractivity contribution in [3.8, 4) is 0 Å². The summed E-state index contributed by atoms with van der Waals surface area (Å²) in [6, 6.07) is 15.2. The van der Waals surface area contributed by atoms with Crippen LogP contribution in [0, 0.1) is 26.7 Å². The number of nitrogens with zero attached hydrogens (tertiary/aromatic N) is 5. The Hall–Kier alpha value is -3.32. The van der Waals surface area contributed by atoms with Crippen molar-refractivity contribution in [3.63, 3.8) is 0 Å². The lowest BCUT2D eigenvalue weighted by Crippen LogP contribution is -2.35. The highest BCUT2D eigenvalue weighted by Gasteiger charge is 2.32. The van der Waals surface area contributed by atoms with Crippen LogP contribution in [-0.4, -0.2) is 30.1 Å². The number of benzene rings is 2. The van der Waals surface area contributed by atoms with E-state index in [1.54, 1.807) is 0 Å². The largest absolute Gasteiger partial charge is 0.321 e. The number of aromatic nitrogens is 5. The molecule has 0 saturated heterocycles. The van der Waals surface area contributed by atoms with Gasteiger partial charge in [0.2, 0.25) is 0 Å². The van der Waals surface area contributed by atoms with Gasteiger partial charge in [0.15, 0.2) is 5.82 Å². The van der Waals surface area contributed by atoms with E-state index in [-0.39, 0.29) is 17.5 Å². The third-order valence-corrected chi connectivity index (χ3v) is 7.88. The minimum Gasteiger partial charge on any atom is -0.321 e. The number of tetrazole rings is 1. The lowest BCUT2D eigenvalue weighted by Gasteiger charge is -2.34. The Morgan fingerprint density at radius 1 is 1.00 bits per heavy atom. The molecule has 0 radical (unpaired) electrons. The molecule has 0 amide bonds. The van der Waals surface area contributed by atoms with Crippen molar-refractivity contribution in [2.24, 2.45) is 5.92 Å². The molecule has 2 heterocycles. The van der Waals surface area contributed by atoms with E-state index in [9.17, 15) is 4.79 Å². The lowest BCUT2D eigenvalue weighted by atomic mass is 9.98. The van der Waals surface area contributed by atoms with E-state index < -0.39 is 0 Å². The first-order valence-corrected chi connectivity index (χ1v) is 13.5. The fourth-order valence-corrected chi connectivity index (χ4v) is 5.82. The molecular weight excluding hydrogens is 460 g/mol. The zero-order valence-corrected chi connectivity index (χ0v) is 22.7. The molecule has 1 saturated carbocycles. The van der Waals surface area contributed by atoms with Crippen LogP contribution in [0.4, 0.5) is 0 Å². The molecule has 194 valence electrons. The first-order valence-electron chi connectivity index (χ1n) is 13.5. The molecule has 2 aromatic heterocycles. The van der Waals surface area contributed by atoms with Gasteiger partial charge in [0.05, 0.1) is 17.6 Å². The first kappa shape index (κ1) is 25.3. The number of aryl methyl sites for hydroxylation is 3. The molecule has 1 fully saturated rings. The van der Waals surface area contributed by atoms with Gasteiger partial charge in [0.25, 0.3) is 5.56 Å². The average molecular weight is 499 g/mol. The molecule has 37 heavy (non-hydrogen) atoms. The molecule has 1 N–H and O–H groups in total. The van der Waals surface area contributed by atoms with Crippen LogP contribution in [-0.2, 0) is 13.1 Å². The highest BCUT2D eigenvalue weighted by Crippen LogP contribution is 2.35. The van der Waals surface area contributed by atoms with Gasteiger partial charge in [-0.2, -0.15) is 0 Å². The summed E-state index contributed by atoms with van der Waals surface area (Å²) >= 11 is 0. The number of H-pyrrole nitrogens is 1. The molecule has 0 unspecified atom stereocenters. The van der Waals surface area contributed by atoms with Gasteiger partial charge in [-0.3, -0.25) is 9.69 Å². The van der Waals surface area contributed by atoms with Crippen LogP contribution < -0.4 is 5.56 Å². The number of hydrogen-bond acceptors (Lipinski definition) is 5. The maximum absolute atomic E-state index is 13.4. The molecule has 7 nitrogen and oxygen atoms in total. The summed E-state index contributed by atoms with van der Waals surface area (Å²) in [5.41, 5.74) is 6.33. The van der Waals surface area contributed by atoms with Gasteiger partial charge in [0, 0.05) is 24.0 Å². The van der Waals surface area contributed by atoms with Crippen LogP contribution in [0.5, 0.6) is 0 Å². The minimum atomic E-state index is -0.0365. The molecule has 7 heteroatoms. The van der Waals surface area contributed by atoms with Gasteiger partial charge in [-0.05, 0) is 72.7 Å². The molecule has 4 aromatic rings. The summed E-state index contributed by atoms with van der Waals surface area (Å²) in [6.07, 6.45) is 4.66. The van der Waals surface area contributed by atoms with E-state index in [1.165, 1.54) is 24.0 Å². The van der Waals surface area contributed by atoms with Gasteiger partial charge in [0.1, 0.15) is 0 Å². The molecule has 1 atom stereocenters. The SMILES string of the molecule is Cc1ccc(CN(Cc2cc3c(C)ccc(C)c3[nH]c2=O)[C@@H](c2nnnn2C2CCCC2)C(C)C)cc1. The minimum absolute atomic E-state index is 0.0343. The summed E-state index contributed by atoms with van der Waals surface area (Å²) < 4.78 is 2.07. The standard InChI is InChI=1S/C30H38N6O/c1-19(2)28(29-32-33-34-36(29)25-8-6-7-9-25)35(17-23-14-10-20(3)11-15-23)18-24-16-26-21(4)12-13-22(5)27(26)31-30(24)37/h10-16,19,25,28H,6-9,17-18H2,1-5H3,(H,31,37)/t28-/m1/s1. The maximum Gasteiger partial charge on any atom is 0.252 e. The monoisotopic (exact) mass is 498 g/mol. The number of fused-ring (bicyclic) bond motifs is 1. The highest BCUT2D eigenvalue weighted by molar-refractivity contribution is 5.85. The first-order chi connectivity index (χ1) is 17.8. The zero-order valence-electron chi connectivity index (χ0n) is 22.7. The van der Waals surface area contributed by atoms with Crippen molar-refractivity contribution in [3.05, 3.63) is 86.5 Å². The summed E-state index contributed by atoms with van der Waals surface area (Å²) in [6.45, 7) is 11.9. The molecule has 1 aliphatic carbocycles. The molecule has 0 aliphatic heterocycles. The molecular formula is C30H38N6O. The fraction of sp³-hybridized carbons (Fsp3) is 0.467. The molecule has 2 aromatic carbocycles. The highest BCUT2D eigenvalue weighted by atomic mass is 16.1. The van der Waals surface area contributed by atoms with Crippen molar-refractivity contribution in [1.29, 1.82) is 0 Å². The van der Waals surface area contributed by atoms with Crippen molar-refractivity contribution in [2.45, 2.75) is 85.5 Å². The van der Waals surface area contributed by atoms with Crippen LogP contribution in [0.3, 0.4) is 0 Å². The number of aromatic amines is 1. The summed E-state index contributed by atoms with van der Waals surface area (Å²) in [5, 5.41) is 14.2. The van der Waals surface area contributed by atoms with Gasteiger partial charge in [-0.1, -0.05) is 68.7 Å². The van der Waals surface area contributed by atoms with Crippen LogP contribution in [0.15, 0.2) is 47.3 Å². The Bertz CT molecular complexity index is 1430. The van der Waals surface area contributed by atoms with E-state index in [0.29, 0.717) is 19.1 Å². The topological polar surface area (TPSA) is 79.7 Å². The van der Waals surface area contributed by atoms with E-state index in [2.05, 4.69) is 100 Å². The molecule has 0 spiro atoms. The molecule has 0 bridgehead atoms.